The highest BCUT2D eigenvalue weighted by Crippen LogP contribution is 2.33. The lowest BCUT2D eigenvalue weighted by molar-refractivity contribution is -0.136. The van der Waals surface area contributed by atoms with Crippen molar-refractivity contribution in [3.8, 4) is 0 Å². The van der Waals surface area contributed by atoms with Crippen LogP contribution in [-0.4, -0.2) is 27.9 Å². The van der Waals surface area contributed by atoms with Gasteiger partial charge in [0.05, 0.1) is 11.6 Å². The van der Waals surface area contributed by atoms with Crippen molar-refractivity contribution in [2.45, 2.75) is 37.4 Å². The standard InChI is InChI=1S/C10H15NO2S/c12-10(13)8-6-11-9(14-8)7-4-2-1-3-5-7/h7-8H,1-6H2,(H,12,13). The highest BCUT2D eigenvalue weighted by Gasteiger charge is 2.30. The molecule has 0 bridgehead atoms. The SMILES string of the molecule is O=C(O)C1CN=C(C2CCCCC2)S1. The van der Waals surface area contributed by atoms with Gasteiger partial charge in [-0.15, -0.1) is 0 Å². The summed E-state index contributed by atoms with van der Waals surface area (Å²) in [7, 11) is 0. The maximum Gasteiger partial charge on any atom is 0.318 e. The van der Waals surface area contributed by atoms with Gasteiger partial charge in [0.15, 0.2) is 0 Å². The van der Waals surface area contributed by atoms with Crippen molar-refractivity contribution in [1.29, 1.82) is 0 Å². The third-order valence-corrected chi connectivity index (χ3v) is 4.24. The molecule has 78 valence electrons. The summed E-state index contributed by atoms with van der Waals surface area (Å²) in [6.45, 7) is 0.478. The van der Waals surface area contributed by atoms with E-state index in [1.165, 1.54) is 43.9 Å². The molecule has 1 unspecified atom stereocenters. The molecule has 3 nitrogen and oxygen atoms in total. The molecule has 0 saturated heterocycles. The van der Waals surface area contributed by atoms with Gasteiger partial charge >= 0.3 is 5.97 Å². The van der Waals surface area contributed by atoms with Crippen LogP contribution < -0.4 is 0 Å². The molecule has 0 aromatic heterocycles. The molecule has 1 aliphatic heterocycles. The molecule has 4 heteroatoms. The molecule has 1 heterocycles. The van der Waals surface area contributed by atoms with E-state index < -0.39 is 5.97 Å². The van der Waals surface area contributed by atoms with Crippen molar-refractivity contribution in [2.24, 2.45) is 10.9 Å². The van der Waals surface area contributed by atoms with Gasteiger partial charge in [-0.2, -0.15) is 0 Å². The van der Waals surface area contributed by atoms with E-state index in [1.807, 2.05) is 0 Å². The number of nitrogens with zero attached hydrogens (tertiary/aromatic N) is 1. The minimum absolute atomic E-state index is 0.313. The Balaban J connectivity index is 1.90. The van der Waals surface area contributed by atoms with E-state index in [0.29, 0.717) is 12.5 Å². The molecule has 0 aromatic carbocycles. The van der Waals surface area contributed by atoms with Crippen LogP contribution in [0.15, 0.2) is 4.99 Å². The minimum Gasteiger partial charge on any atom is -0.480 e. The fourth-order valence-electron chi connectivity index (χ4n) is 2.10. The number of carboxylic acids is 1. The summed E-state index contributed by atoms with van der Waals surface area (Å²) in [5, 5.41) is 9.63. The highest BCUT2D eigenvalue weighted by molar-refractivity contribution is 8.15. The Morgan fingerprint density at radius 3 is 2.64 bits per heavy atom. The molecule has 0 aromatic rings. The summed E-state index contributed by atoms with van der Waals surface area (Å²) in [4.78, 5) is 15.1. The third kappa shape index (κ3) is 2.11. The second kappa shape index (κ2) is 4.34. The first kappa shape index (κ1) is 10.0. The van der Waals surface area contributed by atoms with E-state index >= 15 is 0 Å². The lowest BCUT2D eigenvalue weighted by Gasteiger charge is -2.21. The van der Waals surface area contributed by atoms with Crippen LogP contribution in [0, 0.1) is 5.92 Å². The van der Waals surface area contributed by atoms with Crippen molar-refractivity contribution in [3.05, 3.63) is 0 Å². The van der Waals surface area contributed by atoms with Crippen LogP contribution in [0.5, 0.6) is 0 Å². The van der Waals surface area contributed by atoms with Crippen LogP contribution in [0.1, 0.15) is 32.1 Å². The van der Waals surface area contributed by atoms with Gasteiger partial charge < -0.3 is 5.11 Å². The normalized spacial score (nSPS) is 28.9. The zero-order valence-electron chi connectivity index (χ0n) is 8.11. The van der Waals surface area contributed by atoms with Gasteiger partial charge in [-0.25, -0.2) is 0 Å². The first-order chi connectivity index (χ1) is 6.77. The van der Waals surface area contributed by atoms with Gasteiger partial charge in [-0.1, -0.05) is 31.0 Å². The number of carboxylic acid groups (broad SMARTS) is 1. The van der Waals surface area contributed by atoms with Crippen LogP contribution in [0.25, 0.3) is 0 Å². The molecule has 2 rings (SSSR count). The number of aliphatic carboxylic acids is 1. The number of aliphatic imine (C=N–C) groups is 1. The van der Waals surface area contributed by atoms with E-state index in [2.05, 4.69) is 4.99 Å². The second-order valence-corrected chi connectivity index (χ2v) is 5.18. The van der Waals surface area contributed by atoms with E-state index in [1.54, 1.807) is 0 Å². The Labute approximate surface area is 88.0 Å². The molecule has 0 spiro atoms. The molecule has 0 amide bonds. The summed E-state index contributed by atoms with van der Waals surface area (Å²) in [5.74, 6) is -0.150. The molecule has 1 fully saturated rings. The van der Waals surface area contributed by atoms with Gasteiger partial charge in [0.25, 0.3) is 0 Å². The lowest BCUT2D eigenvalue weighted by Crippen LogP contribution is -2.18. The third-order valence-electron chi connectivity index (χ3n) is 2.91. The topological polar surface area (TPSA) is 49.7 Å². The maximum absolute atomic E-state index is 10.7. The average molecular weight is 213 g/mol. The number of hydrogen-bond donors (Lipinski definition) is 1. The summed E-state index contributed by atoms with van der Waals surface area (Å²) < 4.78 is 0. The predicted molar refractivity (Wildman–Crippen MR) is 57.9 cm³/mol. The van der Waals surface area contributed by atoms with Crippen molar-refractivity contribution in [3.63, 3.8) is 0 Å². The molecule has 2 aliphatic rings. The first-order valence-corrected chi connectivity index (χ1v) is 6.09. The monoisotopic (exact) mass is 213 g/mol. The Morgan fingerprint density at radius 1 is 1.36 bits per heavy atom. The van der Waals surface area contributed by atoms with Crippen LogP contribution in [-0.2, 0) is 4.79 Å². The summed E-state index contributed by atoms with van der Waals surface area (Å²) in [6, 6.07) is 0. The van der Waals surface area contributed by atoms with Crippen LogP contribution in [0.4, 0.5) is 0 Å². The van der Waals surface area contributed by atoms with Gasteiger partial charge in [0, 0.05) is 5.92 Å². The van der Waals surface area contributed by atoms with Crippen LogP contribution in [0.3, 0.4) is 0 Å². The van der Waals surface area contributed by atoms with E-state index in [-0.39, 0.29) is 5.25 Å². The fraction of sp³-hybridized carbons (Fsp3) is 0.800. The van der Waals surface area contributed by atoms with Crippen molar-refractivity contribution >= 4 is 22.8 Å². The average Bonchev–Trinajstić information content (AvgIpc) is 2.68. The minimum atomic E-state index is -0.718. The summed E-state index contributed by atoms with van der Waals surface area (Å²) in [5.41, 5.74) is 0. The summed E-state index contributed by atoms with van der Waals surface area (Å²) >= 11 is 1.48. The molecule has 1 atom stereocenters. The Bertz CT molecular complexity index is 259. The maximum atomic E-state index is 10.7. The predicted octanol–water partition coefficient (Wildman–Crippen LogP) is 2.17. The van der Waals surface area contributed by atoms with Crippen molar-refractivity contribution in [1.82, 2.24) is 0 Å². The van der Waals surface area contributed by atoms with E-state index in [0.717, 1.165) is 5.04 Å². The van der Waals surface area contributed by atoms with E-state index in [4.69, 9.17) is 5.11 Å². The lowest BCUT2D eigenvalue weighted by atomic mass is 9.90. The fourth-order valence-corrected chi connectivity index (χ4v) is 3.22. The number of thioether (sulfide) groups is 1. The number of rotatable bonds is 2. The molecule has 1 saturated carbocycles. The quantitative estimate of drug-likeness (QED) is 0.764. The Kier molecular flexibility index (Phi) is 3.11. The Hall–Kier alpha value is -0.510. The molecular weight excluding hydrogens is 198 g/mol. The number of hydrogen-bond acceptors (Lipinski definition) is 3. The molecule has 0 radical (unpaired) electrons. The van der Waals surface area contributed by atoms with E-state index in [9.17, 15) is 4.79 Å². The second-order valence-electron chi connectivity index (χ2n) is 3.96. The molecule has 14 heavy (non-hydrogen) atoms. The van der Waals surface area contributed by atoms with Crippen molar-refractivity contribution < 1.29 is 9.90 Å². The first-order valence-electron chi connectivity index (χ1n) is 5.21. The zero-order chi connectivity index (χ0) is 9.97. The summed E-state index contributed by atoms with van der Waals surface area (Å²) in [6.07, 6.45) is 6.30. The smallest absolute Gasteiger partial charge is 0.318 e. The van der Waals surface area contributed by atoms with Gasteiger partial charge in [-0.05, 0) is 12.8 Å². The largest absolute Gasteiger partial charge is 0.480 e. The van der Waals surface area contributed by atoms with Gasteiger partial charge in [0.1, 0.15) is 5.25 Å². The van der Waals surface area contributed by atoms with Crippen LogP contribution >= 0.6 is 11.8 Å². The van der Waals surface area contributed by atoms with Crippen molar-refractivity contribution in [2.75, 3.05) is 6.54 Å². The molecule has 1 aliphatic carbocycles. The van der Waals surface area contributed by atoms with Crippen LogP contribution in [0.2, 0.25) is 0 Å². The highest BCUT2D eigenvalue weighted by atomic mass is 32.2. The van der Waals surface area contributed by atoms with Gasteiger partial charge in [0.2, 0.25) is 0 Å². The molecular formula is C10H15NO2S. The zero-order valence-corrected chi connectivity index (χ0v) is 8.92. The molecule has 1 N–H and O–H groups in total. The number of carbonyl (C=O) groups is 1. The van der Waals surface area contributed by atoms with Gasteiger partial charge in [-0.3, -0.25) is 9.79 Å². The Morgan fingerprint density at radius 2 is 2.07 bits per heavy atom.